The zero-order chi connectivity index (χ0) is 19.4. The molecule has 0 fully saturated rings. The fourth-order valence-corrected chi connectivity index (χ4v) is 3.50. The topological polar surface area (TPSA) is 24.9 Å². The molecule has 3 heteroatoms. The van der Waals surface area contributed by atoms with Gasteiger partial charge in [0.25, 0.3) is 0 Å². The molecule has 0 aliphatic carbocycles. The van der Waals surface area contributed by atoms with E-state index in [4.69, 9.17) is 4.98 Å². The largest absolute Gasteiger partial charge is 0.388 e. The standard InChI is InChI=1S/C18H20N2S.C3H6.C2H6/c1-3-4-7-13-12-14(10-11-15(13)19-2)18-20-16-8-5-6-9-17(16)21-18;1-3-2;1-2/h5-6,8-12,19H,3-4,7H2,1-2H3;3H,1H2,2H3;1-2H3. The van der Waals surface area contributed by atoms with E-state index in [1.54, 1.807) is 17.4 Å². The third-order valence-electron chi connectivity index (χ3n) is 3.72. The van der Waals surface area contributed by atoms with E-state index < -0.39 is 0 Å². The first-order chi connectivity index (χ1) is 12.7. The summed E-state index contributed by atoms with van der Waals surface area (Å²) in [5.41, 5.74) is 4.93. The van der Waals surface area contributed by atoms with Gasteiger partial charge >= 0.3 is 0 Å². The van der Waals surface area contributed by atoms with E-state index in [2.05, 4.69) is 55.2 Å². The van der Waals surface area contributed by atoms with Gasteiger partial charge in [-0.25, -0.2) is 4.98 Å². The van der Waals surface area contributed by atoms with Gasteiger partial charge in [-0.2, -0.15) is 0 Å². The van der Waals surface area contributed by atoms with Gasteiger partial charge in [-0.05, 0) is 55.7 Å². The van der Waals surface area contributed by atoms with Crippen LogP contribution in [0, 0.1) is 0 Å². The van der Waals surface area contributed by atoms with Crippen molar-refractivity contribution in [1.82, 2.24) is 4.98 Å². The zero-order valence-corrected chi connectivity index (χ0v) is 17.6. The molecule has 0 saturated heterocycles. The molecule has 0 spiro atoms. The summed E-state index contributed by atoms with van der Waals surface area (Å²) in [6.45, 7) is 11.5. The molecule has 3 aromatic rings. The summed E-state index contributed by atoms with van der Waals surface area (Å²) >= 11 is 1.76. The lowest BCUT2D eigenvalue weighted by Gasteiger charge is -2.10. The zero-order valence-electron chi connectivity index (χ0n) is 16.8. The average Bonchev–Trinajstić information content (AvgIpc) is 3.12. The van der Waals surface area contributed by atoms with Gasteiger partial charge in [0.1, 0.15) is 5.01 Å². The van der Waals surface area contributed by atoms with Crippen LogP contribution in [0.25, 0.3) is 20.8 Å². The Morgan fingerprint density at radius 3 is 2.46 bits per heavy atom. The number of aryl methyl sites for hydroxylation is 1. The van der Waals surface area contributed by atoms with E-state index in [0.29, 0.717) is 0 Å². The maximum absolute atomic E-state index is 4.76. The highest BCUT2D eigenvalue weighted by Crippen LogP contribution is 2.32. The second-order valence-electron chi connectivity index (χ2n) is 5.62. The molecule has 0 aliphatic rings. The third kappa shape index (κ3) is 5.99. The maximum atomic E-state index is 4.76. The molecule has 1 heterocycles. The number of para-hydroxylation sites is 1. The Balaban J connectivity index is 0.000000615. The summed E-state index contributed by atoms with van der Waals surface area (Å²) in [4.78, 5) is 4.76. The first-order valence-electron chi connectivity index (χ1n) is 9.47. The van der Waals surface area contributed by atoms with Crippen LogP contribution in [0.1, 0.15) is 46.1 Å². The van der Waals surface area contributed by atoms with Crippen LogP contribution in [0.5, 0.6) is 0 Å². The van der Waals surface area contributed by atoms with Crippen molar-refractivity contribution in [3.8, 4) is 10.6 Å². The second kappa shape index (κ2) is 12.3. The number of unbranched alkanes of at least 4 members (excludes halogenated alkanes) is 1. The highest BCUT2D eigenvalue weighted by molar-refractivity contribution is 7.21. The molecule has 0 atom stereocenters. The second-order valence-corrected chi connectivity index (χ2v) is 6.65. The van der Waals surface area contributed by atoms with Gasteiger partial charge < -0.3 is 5.32 Å². The lowest BCUT2D eigenvalue weighted by atomic mass is 10.0. The van der Waals surface area contributed by atoms with E-state index in [0.717, 1.165) is 16.9 Å². The van der Waals surface area contributed by atoms with E-state index in [1.807, 2.05) is 33.9 Å². The molecule has 0 saturated carbocycles. The summed E-state index contributed by atoms with van der Waals surface area (Å²) in [7, 11) is 1.99. The van der Waals surface area contributed by atoms with E-state index in [1.165, 1.54) is 34.4 Å². The number of nitrogens with one attached hydrogen (secondary N) is 1. The third-order valence-corrected chi connectivity index (χ3v) is 4.80. The van der Waals surface area contributed by atoms with Crippen molar-refractivity contribution in [1.29, 1.82) is 0 Å². The highest BCUT2D eigenvalue weighted by atomic mass is 32.1. The van der Waals surface area contributed by atoms with Crippen LogP contribution in [0.3, 0.4) is 0 Å². The van der Waals surface area contributed by atoms with Gasteiger partial charge in [0.15, 0.2) is 0 Å². The summed E-state index contributed by atoms with van der Waals surface area (Å²) in [5.74, 6) is 0. The smallest absolute Gasteiger partial charge is 0.124 e. The molecule has 3 rings (SSSR count). The van der Waals surface area contributed by atoms with Gasteiger partial charge in [-0.1, -0.05) is 45.4 Å². The molecule has 140 valence electrons. The Bertz CT molecular complexity index is 757. The number of hydrogen-bond acceptors (Lipinski definition) is 3. The van der Waals surface area contributed by atoms with Gasteiger partial charge in [-0.15, -0.1) is 17.9 Å². The van der Waals surface area contributed by atoms with Crippen molar-refractivity contribution in [3.05, 3.63) is 60.7 Å². The molecule has 26 heavy (non-hydrogen) atoms. The summed E-state index contributed by atoms with van der Waals surface area (Å²) in [6, 6.07) is 15.0. The number of hydrogen-bond donors (Lipinski definition) is 1. The Hall–Kier alpha value is -2.13. The Morgan fingerprint density at radius 2 is 1.85 bits per heavy atom. The van der Waals surface area contributed by atoms with Crippen molar-refractivity contribution in [2.24, 2.45) is 0 Å². The van der Waals surface area contributed by atoms with Crippen LogP contribution < -0.4 is 5.32 Å². The number of aromatic nitrogens is 1. The number of allylic oxidation sites excluding steroid dienone is 1. The van der Waals surface area contributed by atoms with Crippen LogP contribution in [0.2, 0.25) is 0 Å². The van der Waals surface area contributed by atoms with Crippen molar-refractivity contribution in [2.75, 3.05) is 12.4 Å². The summed E-state index contributed by atoms with van der Waals surface area (Å²) in [5, 5.41) is 4.40. The Kier molecular flexibility index (Phi) is 10.3. The van der Waals surface area contributed by atoms with Crippen LogP contribution in [0.15, 0.2) is 55.1 Å². The number of benzene rings is 2. The first-order valence-corrected chi connectivity index (χ1v) is 10.3. The Morgan fingerprint density at radius 1 is 1.15 bits per heavy atom. The monoisotopic (exact) mass is 368 g/mol. The molecule has 2 aromatic carbocycles. The molecule has 2 nitrogen and oxygen atoms in total. The van der Waals surface area contributed by atoms with E-state index in [-0.39, 0.29) is 0 Å². The van der Waals surface area contributed by atoms with Gasteiger partial charge in [0.2, 0.25) is 0 Å². The summed E-state index contributed by atoms with van der Waals surface area (Å²) < 4.78 is 1.25. The number of fused-ring (bicyclic) bond motifs is 1. The van der Waals surface area contributed by atoms with Crippen molar-refractivity contribution in [3.63, 3.8) is 0 Å². The molecule has 1 N–H and O–H groups in total. The van der Waals surface area contributed by atoms with Gasteiger partial charge in [-0.3, -0.25) is 0 Å². The normalized spacial score (nSPS) is 9.58. The van der Waals surface area contributed by atoms with Crippen molar-refractivity contribution in [2.45, 2.75) is 47.0 Å². The Labute approximate surface area is 163 Å². The molecule has 0 amide bonds. The minimum atomic E-state index is 1.09. The fourth-order valence-electron chi connectivity index (χ4n) is 2.54. The maximum Gasteiger partial charge on any atom is 0.124 e. The molecule has 0 unspecified atom stereocenters. The summed E-state index contributed by atoms with van der Waals surface area (Å²) in [6.07, 6.45) is 5.30. The van der Waals surface area contributed by atoms with E-state index in [9.17, 15) is 0 Å². The predicted octanol–water partition coefficient (Wildman–Crippen LogP) is 7.57. The average molecular weight is 369 g/mol. The molecular formula is C23H32N2S. The van der Waals surface area contributed by atoms with Gasteiger partial charge in [0.05, 0.1) is 10.2 Å². The fraction of sp³-hybridized carbons (Fsp3) is 0.348. The lowest BCUT2D eigenvalue weighted by Crippen LogP contribution is -1.96. The van der Waals surface area contributed by atoms with Crippen LogP contribution in [-0.4, -0.2) is 12.0 Å². The van der Waals surface area contributed by atoms with Crippen molar-refractivity contribution < 1.29 is 0 Å². The number of anilines is 1. The minimum Gasteiger partial charge on any atom is -0.388 e. The van der Waals surface area contributed by atoms with Crippen molar-refractivity contribution >= 4 is 27.2 Å². The van der Waals surface area contributed by atoms with Crippen LogP contribution >= 0.6 is 11.3 Å². The van der Waals surface area contributed by atoms with Gasteiger partial charge in [0, 0.05) is 18.3 Å². The SMILES string of the molecule is C=CC.CC.CCCCc1cc(-c2nc3ccccc3s2)ccc1NC. The first kappa shape index (κ1) is 21.9. The minimum absolute atomic E-state index is 1.09. The van der Waals surface area contributed by atoms with Crippen LogP contribution in [-0.2, 0) is 6.42 Å². The molecule has 1 aromatic heterocycles. The molecule has 0 radical (unpaired) electrons. The quantitative estimate of drug-likeness (QED) is 0.470. The lowest BCUT2D eigenvalue weighted by molar-refractivity contribution is 0.796. The number of nitrogens with zero attached hydrogens (tertiary/aromatic N) is 1. The molecule has 0 aliphatic heterocycles. The predicted molar refractivity (Wildman–Crippen MR) is 120 cm³/mol. The number of rotatable bonds is 5. The number of thiazole rings is 1. The van der Waals surface area contributed by atoms with Crippen LogP contribution in [0.4, 0.5) is 5.69 Å². The highest BCUT2D eigenvalue weighted by Gasteiger charge is 2.08. The van der Waals surface area contributed by atoms with E-state index >= 15 is 0 Å². The molecule has 0 bridgehead atoms. The molecular weight excluding hydrogens is 336 g/mol.